The van der Waals surface area contributed by atoms with Crippen molar-refractivity contribution < 1.29 is 27.9 Å². The lowest BCUT2D eigenvalue weighted by atomic mass is 9.58. The largest absolute Gasteiger partial charge is 0.465 e. The van der Waals surface area contributed by atoms with Gasteiger partial charge in [0, 0.05) is 31.2 Å². The molecule has 2 amide bonds. The highest BCUT2D eigenvalue weighted by Crippen LogP contribution is 2.52. The van der Waals surface area contributed by atoms with Crippen LogP contribution in [0.3, 0.4) is 0 Å². The molecule has 3 heterocycles. The minimum Gasteiger partial charge on any atom is -0.465 e. The molecule has 10 nitrogen and oxygen atoms in total. The van der Waals surface area contributed by atoms with Gasteiger partial charge in [-0.2, -0.15) is 13.2 Å². The average Bonchev–Trinajstić information content (AvgIpc) is 3.50. The molecule has 1 aromatic carbocycles. The standard InChI is InChI=1S/C31H36F3N7O3/c1-5-35-24-11-20(30(13-18(2)14-30)27-38-36-17-39(27)4)12-25(37-24)40-16-22-21(26(40)42)9-19(10-23(22)31(32,33)34)15-41(28(43)44)29(3)7-6-8-29/h9-12,17-18H,5-8,13-16H2,1-4H3,(H,35,37)(H,43,44). The molecule has 2 aliphatic carbocycles. The highest BCUT2D eigenvalue weighted by atomic mass is 19.4. The van der Waals surface area contributed by atoms with Crippen molar-refractivity contribution in [2.75, 3.05) is 16.8 Å². The summed E-state index contributed by atoms with van der Waals surface area (Å²) in [6.45, 7) is 5.86. The first-order valence-electron chi connectivity index (χ1n) is 14.9. The van der Waals surface area contributed by atoms with E-state index in [1.165, 1.54) is 15.9 Å². The van der Waals surface area contributed by atoms with Crippen molar-refractivity contribution in [3.8, 4) is 0 Å². The SMILES string of the molecule is CCNc1cc(C2(c3nncn3C)CC(C)C2)cc(N2Cc3c(cc(CN(C(=O)O)C4(C)CCC4)cc3C(F)(F)F)C2=O)n1. The van der Waals surface area contributed by atoms with E-state index in [4.69, 9.17) is 0 Å². The predicted octanol–water partition coefficient (Wildman–Crippen LogP) is 5.96. The monoisotopic (exact) mass is 611 g/mol. The Kier molecular flexibility index (Phi) is 7.12. The first-order valence-corrected chi connectivity index (χ1v) is 14.9. The van der Waals surface area contributed by atoms with Crippen molar-refractivity contribution in [2.45, 2.75) is 83.1 Å². The van der Waals surface area contributed by atoms with E-state index in [1.54, 1.807) is 19.3 Å². The number of hydrogen-bond acceptors (Lipinski definition) is 6. The lowest BCUT2D eigenvalue weighted by molar-refractivity contribution is -0.138. The van der Waals surface area contributed by atoms with Crippen molar-refractivity contribution in [2.24, 2.45) is 13.0 Å². The fourth-order valence-electron chi connectivity index (χ4n) is 7.22. The fourth-order valence-corrected chi connectivity index (χ4v) is 7.22. The highest BCUT2D eigenvalue weighted by Gasteiger charge is 2.49. The molecular weight excluding hydrogens is 575 g/mol. The Labute approximate surface area is 253 Å². The molecule has 0 unspecified atom stereocenters. The van der Waals surface area contributed by atoms with E-state index in [0.29, 0.717) is 31.1 Å². The second-order valence-corrected chi connectivity index (χ2v) is 12.8. The number of alkyl halides is 3. The number of aromatic nitrogens is 4. The molecule has 2 fully saturated rings. The first-order chi connectivity index (χ1) is 20.8. The summed E-state index contributed by atoms with van der Waals surface area (Å²) in [6.07, 6.45) is -0.598. The van der Waals surface area contributed by atoms with Gasteiger partial charge < -0.3 is 15.0 Å². The second kappa shape index (κ2) is 10.5. The number of aryl methyl sites for hydroxylation is 1. The van der Waals surface area contributed by atoms with Gasteiger partial charge in [-0.25, -0.2) is 9.78 Å². The van der Waals surface area contributed by atoms with E-state index in [-0.39, 0.29) is 35.6 Å². The van der Waals surface area contributed by atoms with Crippen LogP contribution in [0.1, 0.15) is 91.3 Å². The molecule has 0 atom stereocenters. The van der Waals surface area contributed by atoms with E-state index in [0.717, 1.165) is 36.7 Å². The number of anilines is 2. The number of carbonyl (C=O) groups is 2. The minimum atomic E-state index is -4.74. The van der Waals surface area contributed by atoms with Crippen LogP contribution in [0, 0.1) is 5.92 Å². The van der Waals surface area contributed by atoms with Gasteiger partial charge in [-0.1, -0.05) is 6.92 Å². The van der Waals surface area contributed by atoms with Crippen LogP contribution in [0.4, 0.5) is 29.6 Å². The van der Waals surface area contributed by atoms with Crippen LogP contribution in [-0.2, 0) is 31.7 Å². The molecule has 0 saturated heterocycles. The number of nitrogens with one attached hydrogen (secondary N) is 1. The number of amides is 2. The van der Waals surface area contributed by atoms with Crippen LogP contribution in [0.25, 0.3) is 0 Å². The number of carbonyl (C=O) groups excluding carboxylic acids is 1. The van der Waals surface area contributed by atoms with Gasteiger partial charge in [0.2, 0.25) is 0 Å². The van der Waals surface area contributed by atoms with Gasteiger partial charge in [0.25, 0.3) is 5.91 Å². The van der Waals surface area contributed by atoms with Gasteiger partial charge in [0.15, 0.2) is 0 Å². The molecule has 3 aliphatic rings. The van der Waals surface area contributed by atoms with Crippen molar-refractivity contribution in [1.29, 1.82) is 0 Å². The number of nitrogens with zero attached hydrogens (tertiary/aromatic N) is 6. The lowest BCUT2D eigenvalue weighted by Crippen LogP contribution is -2.53. The molecular formula is C31H36F3N7O3. The molecule has 2 saturated carbocycles. The second-order valence-electron chi connectivity index (χ2n) is 12.8. The normalized spacial score (nSPS) is 22.3. The van der Waals surface area contributed by atoms with E-state index in [1.807, 2.05) is 24.6 Å². The summed E-state index contributed by atoms with van der Waals surface area (Å²) in [4.78, 5) is 33.1. The summed E-state index contributed by atoms with van der Waals surface area (Å²) < 4.78 is 45.2. The third-order valence-electron chi connectivity index (χ3n) is 9.59. The highest BCUT2D eigenvalue weighted by molar-refractivity contribution is 6.10. The number of fused-ring (bicyclic) bond motifs is 1. The van der Waals surface area contributed by atoms with Crippen LogP contribution in [-0.4, -0.2) is 53.8 Å². The minimum absolute atomic E-state index is 0.0867. The predicted molar refractivity (Wildman–Crippen MR) is 156 cm³/mol. The third kappa shape index (κ3) is 4.86. The Morgan fingerprint density at radius 3 is 2.48 bits per heavy atom. The zero-order valence-electron chi connectivity index (χ0n) is 25.2. The van der Waals surface area contributed by atoms with Crippen LogP contribution in [0.15, 0.2) is 30.6 Å². The summed E-state index contributed by atoms with van der Waals surface area (Å²) in [5.41, 5.74) is -1.30. The zero-order chi connectivity index (χ0) is 31.6. The molecule has 0 bridgehead atoms. The third-order valence-corrected chi connectivity index (χ3v) is 9.59. The van der Waals surface area contributed by atoms with Crippen molar-refractivity contribution in [1.82, 2.24) is 24.6 Å². The summed E-state index contributed by atoms with van der Waals surface area (Å²) in [5.74, 6) is 1.34. The van der Waals surface area contributed by atoms with Crippen molar-refractivity contribution in [3.05, 3.63) is 64.2 Å². The topological polar surface area (TPSA) is 116 Å². The Morgan fingerprint density at radius 2 is 1.93 bits per heavy atom. The average molecular weight is 612 g/mol. The van der Waals surface area contributed by atoms with E-state index in [9.17, 15) is 27.9 Å². The molecule has 1 aliphatic heterocycles. The number of benzene rings is 1. The maximum absolute atomic E-state index is 14.5. The Bertz CT molecular complexity index is 1630. The summed E-state index contributed by atoms with van der Waals surface area (Å²) in [7, 11) is 1.88. The molecule has 44 heavy (non-hydrogen) atoms. The number of rotatable bonds is 8. The van der Waals surface area contributed by atoms with E-state index in [2.05, 4.69) is 27.4 Å². The van der Waals surface area contributed by atoms with E-state index < -0.39 is 34.7 Å². The number of carboxylic acid groups (broad SMARTS) is 1. The molecule has 13 heteroatoms. The molecule has 234 valence electrons. The van der Waals surface area contributed by atoms with Crippen LogP contribution in [0.5, 0.6) is 0 Å². The van der Waals surface area contributed by atoms with Gasteiger partial charge >= 0.3 is 12.3 Å². The quantitative estimate of drug-likeness (QED) is 0.323. The fraction of sp³-hybridized carbons (Fsp3) is 0.516. The molecule has 0 radical (unpaired) electrons. The number of pyridine rings is 1. The number of hydrogen-bond donors (Lipinski definition) is 2. The Hall–Kier alpha value is -4.16. The lowest BCUT2D eigenvalue weighted by Gasteiger charge is -2.46. The Balaban J connectivity index is 1.41. The molecule has 6 rings (SSSR count). The van der Waals surface area contributed by atoms with Gasteiger partial charge in [0.05, 0.1) is 17.5 Å². The smallest absolute Gasteiger partial charge is 0.416 e. The van der Waals surface area contributed by atoms with Crippen LogP contribution in [0.2, 0.25) is 0 Å². The van der Waals surface area contributed by atoms with Crippen LogP contribution >= 0.6 is 0 Å². The first kappa shape index (κ1) is 29.9. The van der Waals surface area contributed by atoms with Gasteiger partial charge in [-0.05, 0) is 92.8 Å². The molecule has 0 spiro atoms. The maximum atomic E-state index is 14.5. The summed E-state index contributed by atoms with van der Waals surface area (Å²) in [5, 5.41) is 21.6. The Morgan fingerprint density at radius 1 is 1.20 bits per heavy atom. The van der Waals surface area contributed by atoms with Gasteiger partial charge in [0.1, 0.15) is 23.8 Å². The molecule has 2 aromatic heterocycles. The number of halogens is 3. The van der Waals surface area contributed by atoms with E-state index >= 15 is 0 Å². The summed E-state index contributed by atoms with van der Waals surface area (Å²) in [6, 6.07) is 6.10. The van der Waals surface area contributed by atoms with Crippen molar-refractivity contribution >= 4 is 23.6 Å². The van der Waals surface area contributed by atoms with Gasteiger partial charge in [-0.3, -0.25) is 14.6 Å². The van der Waals surface area contributed by atoms with Crippen molar-refractivity contribution in [3.63, 3.8) is 0 Å². The molecule has 3 aromatic rings. The van der Waals surface area contributed by atoms with Crippen LogP contribution < -0.4 is 10.2 Å². The molecule has 2 N–H and O–H groups in total. The maximum Gasteiger partial charge on any atom is 0.416 e. The summed E-state index contributed by atoms with van der Waals surface area (Å²) >= 11 is 0. The van der Waals surface area contributed by atoms with Gasteiger partial charge in [-0.15, -0.1) is 10.2 Å². The zero-order valence-corrected chi connectivity index (χ0v) is 25.2.